The monoisotopic (exact) mass is 475 g/mol. The van der Waals surface area contributed by atoms with E-state index in [0.717, 1.165) is 28.1 Å². The molecule has 2 aromatic carbocycles. The van der Waals surface area contributed by atoms with Crippen LogP contribution in [0.2, 0.25) is 0 Å². The molecule has 2 amide bonds. The Hall–Kier alpha value is -3.07. The van der Waals surface area contributed by atoms with Gasteiger partial charge < -0.3 is 15.0 Å². The fraction of sp³-hybridized carbons (Fsp3) is 0.417. The molecule has 0 radical (unpaired) electrons. The molecule has 180 valence electrons. The summed E-state index contributed by atoms with van der Waals surface area (Å²) in [5.74, 6) is -0.0925. The Morgan fingerprint density at radius 1 is 1.12 bits per heavy atom. The first kappa shape index (κ1) is 26.2. The van der Waals surface area contributed by atoms with Crippen LogP contribution in [0.1, 0.15) is 31.4 Å². The average molecular weight is 476 g/mol. The fourth-order valence-electron chi connectivity index (χ4n) is 3.30. The summed E-state index contributed by atoms with van der Waals surface area (Å²) in [6.45, 7) is 5.66. The van der Waals surface area contributed by atoms with Crippen molar-refractivity contribution >= 4 is 27.5 Å². The van der Waals surface area contributed by atoms with Crippen LogP contribution in [0.25, 0.3) is 0 Å². The molecule has 8 nitrogen and oxygen atoms in total. The summed E-state index contributed by atoms with van der Waals surface area (Å²) in [4.78, 5) is 27.5. The van der Waals surface area contributed by atoms with E-state index >= 15 is 0 Å². The minimum atomic E-state index is -3.74. The van der Waals surface area contributed by atoms with Crippen LogP contribution in [0.4, 0.5) is 5.69 Å². The van der Waals surface area contributed by atoms with Crippen LogP contribution < -0.4 is 14.4 Å². The maximum atomic E-state index is 13.4. The molecule has 0 saturated heterocycles. The molecule has 0 saturated carbocycles. The molecule has 0 fully saturated rings. The van der Waals surface area contributed by atoms with Crippen LogP contribution in [-0.2, 0) is 26.2 Å². The van der Waals surface area contributed by atoms with Crippen molar-refractivity contribution < 1.29 is 22.7 Å². The maximum absolute atomic E-state index is 13.4. The van der Waals surface area contributed by atoms with Gasteiger partial charge in [0.05, 0.1) is 19.1 Å². The van der Waals surface area contributed by atoms with Gasteiger partial charge in [-0.05, 0) is 55.7 Å². The molecule has 33 heavy (non-hydrogen) atoms. The smallest absolute Gasteiger partial charge is 0.244 e. The molecule has 0 unspecified atom stereocenters. The van der Waals surface area contributed by atoms with E-state index in [1.165, 1.54) is 4.90 Å². The van der Waals surface area contributed by atoms with Gasteiger partial charge in [0.25, 0.3) is 0 Å². The topological polar surface area (TPSA) is 96.0 Å². The van der Waals surface area contributed by atoms with E-state index < -0.39 is 28.5 Å². The standard InChI is InChI=1S/C24H33N3O5S/c1-6-14-25-24(29)19(3)26(16-20-10-12-22(32-4)13-11-20)23(28)17-27(33(5,30)31)21-9-7-8-18(2)15-21/h7-13,15,19H,6,14,16-17H2,1-5H3,(H,25,29)/t19-/m1/s1. The van der Waals surface area contributed by atoms with E-state index in [2.05, 4.69) is 5.32 Å². The molecule has 0 aliphatic rings. The zero-order valence-electron chi connectivity index (χ0n) is 19.9. The number of hydrogen-bond acceptors (Lipinski definition) is 5. The second-order valence-corrected chi connectivity index (χ2v) is 9.85. The number of benzene rings is 2. The normalized spacial score (nSPS) is 12.0. The molecule has 0 heterocycles. The highest BCUT2D eigenvalue weighted by Crippen LogP contribution is 2.20. The average Bonchev–Trinajstić information content (AvgIpc) is 2.78. The molecule has 0 spiro atoms. The van der Waals surface area contributed by atoms with E-state index in [-0.39, 0.29) is 12.5 Å². The highest BCUT2D eigenvalue weighted by atomic mass is 32.2. The van der Waals surface area contributed by atoms with Crippen molar-refractivity contribution in [1.82, 2.24) is 10.2 Å². The predicted octanol–water partition coefficient (Wildman–Crippen LogP) is 2.71. The van der Waals surface area contributed by atoms with Gasteiger partial charge in [-0.3, -0.25) is 13.9 Å². The number of aryl methyl sites for hydroxylation is 1. The molecular formula is C24H33N3O5S. The van der Waals surface area contributed by atoms with E-state index in [1.807, 2.05) is 32.0 Å². The second kappa shape index (κ2) is 11.7. The molecule has 1 N–H and O–H groups in total. The quantitative estimate of drug-likeness (QED) is 0.539. The maximum Gasteiger partial charge on any atom is 0.244 e. The molecule has 0 bridgehead atoms. The Morgan fingerprint density at radius 3 is 2.33 bits per heavy atom. The summed E-state index contributed by atoms with van der Waals surface area (Å²) >= 11 is 0. The Kier molecular flexibility index (Phi) is 9.28. The lowest BCUT2D eigenvalue weighted by Crippen LogP contribution is -2.51. The second-order valence-electron chi connectivity index (χ2n) is 7.95. The van der Waals surface area contributed by atoms with Crippen molar-refractivity contribution in [3.8, 4) is 5.75 Å². The zero-order chi connectivity index (χ0) is 24.6. The Bertz CT molecular complexity index is 1050. The molecule has 1 atom stereocenters. The first-order valence-electron chi connectivity index (χ1n) is 10.8. The summed E-state index contributed by atoms with van der Waals surface area (Å²) in [7, 11) is -2.17. The van der Waals surface area contributed by atoms with Gasteiger partial charge >= 0.3 is 0 Å². The predicted molar refractivity (Wildman–Crippen MR) is 130 cm³/mol. The lowest BCUT2D eigenvalue weighted by molar-refractivity contribution is -0.139. The Balaban J connectivity index is 2.36. The molecular weight excluding hydrogens is 442 g/mol. The number of anilines is 1. The van der Waals surface area contributed by atoms with Gasteiger partial charge in [-0.25, -0.2) is 8.42 Å². The number of methoxy groups -OCH3 is 1. The third-order valence-electron chi connectivity index (χ3n) is 5.20. The van der Waals surface area contributed by atoms with Crippen molar-refractivity contribution in [3.63, 3.8) is 0 Å². The van der Waals surface area contributed by atoms with Gasteiger partial charge in [-0.2, -0.15) is 0 Å². The number of amides is 2. The molecule has 2 aromatic rings. The number of ether oxygens (including phenoxy) is 1. The van der Waals surface area contributed by atoms with Gasteiger partial charge in [-0.1, -0.05) is 31.2 Å². The SMILES string of the molecule is CCCNC(=O)[C@@H](C)N(Cc1ccc(OC)cc1)C(=O)CN(c1cccc(C)c1)S(C)(=O)=O. The highest BCUT2D eigenvalue weighted by Gasteiger charge is 2.30. The molecule has 0 aromatic heterocycles. The summed E-state index contributed by atoms with van der Waals surface area (Å²) in [5.41, 5.74) is 2.06. The number of sulfonamides is 1. The summed E-state index contributed by atoms with van der Waals surface area (Å²) in [6, 6.07) is 13.3. The molecule has 9 heteroatoms. The Labute approximate surface area is 196 Å². The molecule has 2 rings (SSSR count). The van der Waals surface area contributed by atoms with Gasteiger partial charge in [0.15, 0.2) is 0 Å². The minimum Gasteiger partial charge on any atom is -0.497 e. The van der Waals surface area contributed by atoms with Crippen LogP contribution in [0, 0.1) is 6.92 Å². The van der Waals surface area contributed by atoms with E-state index in [9.17, 15) is 18.0 Å². The van der Waals surface area contributed by atoms with Crippen LogP contribution >= 0.6 is 0 Å². The van der Waals surface area contributed by atoms with Crippen LogP contribution in [0.15, 0.2) is 48.5 Å². The van der Waals surface area contributed by atoms with Crippen molar-refractivity contribution in [1.29, 1.82) is 0 Å². The number of rotatable bonds is 11. The fourth-order valence-corrected chi connectivity index (χ4v) is 4.14. The number of nitrogens with zero attached hydrogens (tertiary/aromatic N) is 2. The van der Waals surface area contributed by atoms with Crippen LogP contribution in [0.5, 0.6) is 5.75 Å². The number of carbonyl (C=O) groups excluding carboxylic acids is 2. The van der Waals surface area contributed by atoms with E-state index in [0.29, 0.717) is 18.0 Å². The number of carbonyl (C=O) groups is 2. The van der Waals surface area contributed by atoms with Crippen LogP contribution in [-0.4, -0.2) is 57.6 Å². The summed E-state index contributed by atoms with van der Waals surface area (Å²) in [5, 5.41) is 2.81. The lowest BCUT2D eigenvalue weighted by Gasteiger charge is -2.31. The van der Waals surface area contributed by atoms with Crippen molar-refractivity contribution in [2.24, 2.45) is 0 Å². The van der Waals surface area contributed by atoms with Gasteiger partial charge in [0.2, 0.25) is 21.8 Å². The molecule has 0 aliphatic carbocycles. The van der Waals surface area contributed by atoms with Crippen molar-refractivity contribution in [2.45, 2.75) is 39.8 Å². The minimum absolute atomic E-state index is 0.148. The van der Waals surface area contributed by atoms with Crippen molar-refractivity contribution in [3.05, 3.63) is 59.7 Å². The molecule has 0 aliphatic heterocycles. The van der Waals surface area contributed by atoms with Gasteiger partial charge in [0, 0.05) is 13.1 Å². The number of nitrogens with one attached hydrogen (secondary N) is 1. The first-order chi connectivity index (χ1) is 15.6. The van der Waals surface area contributed by atoms with E-state index in [4.69, 9.17) is 4.74 Å². The summed E-state index contributed by atoms with van der Waals surface area (Å²) < 4.78 is 31.3. The first-order valence-corrected chi connectivity index (χ1v) is 12.7. The number of hydrogen-bond donors (Lipinski definition) is 1. The zero-order valence-corrected chi connectivity index (χ0v) is 20.7. The Morgan fingerprint density at radius 2 is 1.79 bits per heavy atom. The van der Waals surface area contributed by atoms with Crippen LogP contribution in [0.3, 0.4) is 0 Å². The van der Waals surface area contributed by atoms with Gasteiger partial charge in [-0.15, -0.1) is 0 Å². The third kappa shape index (κ3) is 7.49. The van der Waals surface area contributed by atoms with E-state index in [1.54, 1.807) is 44.4 Å². The highest BCUT2D eigenvalue weighted by molar-refractivity contribution is 7.92. The third-order valence-corrected chi connectivity index (χ3v) is 6.34. The van der Waals surface area contributed by atoms with Gasteiger partial charge in [0.1, 0.15) is 18.3 Å². The van der Waals surface area contributed by atoms with Crippen molar-refractivity contribution in [2.75, 3.05) is 30.8 Å². The lowest BCUT2D eigenvalue weighted by atomic mass is 10.1. The summed E-state index contributed by atoms with van der Waals surface area (Å²) in [6.07, 6.45) is 1.83. The largest absolute Gasteiger partial charge is 0.497 e.